The molecule has 1 N–H and O–H groups in total. The first-order valence-electron chi connectivity index (χ1n) is 6.85. The third kappa shape index (κ3) is 3.53. The number of nitrogens with one attached hydrogen (secondary N) is 1. The summed E-state index contributed by atoms with van der Waals surface area (Å²) in [4.78, 5) is 2.10. The first-order valence-corrected chi connectivity index (χ1v) is 6.85. The van der Waals surface area contributed by atoms with E-state index in [1.807, 2.05) is 14.1 Å². The molecule has 1 heterocycles. The zero-order chi connectivity index (χ0) is 13.8. The first kappa shape index (κ1) is 14.0. The monoisotopic (exact) mass is 264 g/mol. The number of benzene rings is 1. The quantitative estimate of drug-likeness (QED) is 0.885. The van der Waals surface area contributed by atoms with E-state index in [1.54, 1.807) is 7.11 Å². The summed E-state index contributed by atoms with van der Waals surface area (Å²) in [5.41, 5.74) is 2.49. The number of methoxy groups -OCH3 is 1. The largest absolute Gasteiger partial charge is 0.493 e. The minimum Gasteiger partial charge on any atom is -0.493 e. The third-order valence-corrected chi connectivity index (χ3v) is 3.43. The molecule has 1 aliphatic rings. The molecule has 1 aromatic carbocycles. The summed E-state index contributed by atoms with van der Waals surface area (Å²) < 4.78 is 11.3. The maximum atomic E-state index is 5.83. The van der Waals surface area contributed by atoms with Crippen molar-refractivity contribution in [2.75, 3.05) is 39.7 Å². The summed E-state index contributed by atoms with van der Waals surface area (Å²) in [6.45, 7) is 3.77. The lowest BCUT2D eigenvalue weighted by atomic mass is 9.98. The second-order valence-corrected chi connectivity index (χ2v) is 5.40. The van der Waals surface area contributed by atoms with Gasteiger partial charge < -0.3 is 19.7 Å². The van der Waals surface area contributed by atoms with Gasteiger partial charge in [0.2, 0.25) is 0 Å². The summed E-state index contributed by atoms with van der Waals surface area (Å²) in [7, 11) is 5.77. The van der Waals surface area contributed by atoms with E-state index >= 15 is 0 Å². The molecule has 0 bridgehead atoms. The number of rotatable bonds is 5. The second-order valence-electron chi connectivity index (χ2n) is 5.40. The molecule has 106 valence electrons. The predicted molar refractivity (Wildman–Crippen MR) is 78.4 cm³/mol. The van der Waals surface area contributed by atoms with Gasteiger partial charge in [0.15, 0.2) is 11.5 Å². The summed E-state index contributed by atoms with van der Waals surface area (Å²) in [5, 5.41) is 3.50. The molecule has 0 spiro atoms. The van der Waals surface area contributed by atoms with Gasteiger partial charge in [-0.05, 0) is 45.5 Å². The van der Waals surface area contributed by atoms with Crippen molar-refractivity contribution in [2.24, 2.45) is 0 Å². The Morgan fingerprint density at radius 1 is 1.32 bits per heavy atom. The SMILES string of the molecule is COc1cc2c(cc1OCCN(C)C)NC(C)CC2. The van der Waals surface area contributed by atoms with Crippen molar-refractivity contribution in [2.45, 2.75) is 25.8 Å². The number of ether oxygens (including phenoxy) is 2. The molecule has 2 rings (SSSR count). The van der Waals surface area contributed by atoms with Crippen molar-refractivity contribution >= 4 is 5.69 Å². The van der Waals surface area contributed by atoms with Gasteiger partial charge in [-0.3, -0.25) is 0 Å². The van der Waals surface area contributed by atoms with E-state index in [2.05, 4.69) is 29.3 Å². The van der Waals surface area contributed by atoms with Gasteiger partial charge in [-0.2, -0.15) is 0 Å². The van der Waals surface area contributed by atoms with Crippen LogP contribution in [0.2, 0.25) is 0 Å². The molecule has 1 aromatic rings. The zero-order valence-corrected chi connectivity index (χ0v) is 12.3. The van der Waals surface area contributed by atoms with Crippen LogP contribution >= 0.6 is 0 Å². The van der Waals surface area contributed by atoms with Crippen LogP contribution < -0.4 is 14.8 Å². The van der Waals surface area contributed by atoms with Crippen molar-refractivity contribution in [1.29, 1.82) is 0 Å². The van der Waals surface area contributed by atoms with Gasteiger partial charge in [0.1, 0.15) is 6.61 Å². The van der Waals surface area contributed by atoms with Gasteiger partial charge in [0, 0.05) is 24.3 Å². The van der Waals surface area contributed by atoms with E-state index in [9.17, 15) is 0 Å². The number of hydrogen-bond donors (Lipinski definition) is 1. The van der Waals surface area contributed by atoms with Crippen LogP contribution in [0.5, 0.6) is 11.5 Å². The number of nitrogens with zero attached hydrogens (tertiary/aromatic N) is 1. The number of anilines is 1. The fraction of sp³-hybridized carbons (Fsp3) is 0.600. The lowest BCUT2D eigenvalue weighted by Gasteiger charge is -2.25. The van der Waals surface area contributed by atoms with Gasteiger partial charge in [-0.1, -0.05) is 0 Å². The molecular formula is C15H24N2O2. The van der Waals surface area contributed by atoms with Crippen LogP contribution in [0.1, 0.15) is 18.9 Å². The summed E-state index contributed by atoms with van der Waals surface area (Å²) >= 11 is 0. The van der Waals surface area contributed by atoms with E-state index in [1.165, 1.54) is 11.3 Å². The summed E-state index contributed by atoms with van der Waals surface area (Å²) in [5.74, 6) is 1.65. The number of likely N-dealkylation sites (N-methyl/N-ethyl adjacent to an activating group) is 1. The minimum atomic E-state index is 0.524. The van der Waals surface area contributed by atoms with Crippen LogP contribution in [0.3, 0.4) is 0 Å². The Balaban J connectivity index is 2.14. The predicted octanol–water partition coefficient (Wildman–Crippen LogP) is 2.38. The van der Waals surface area contributed by atoms with E-state index in [0.29, 0.717) is 12.6 Å². The van der Waals surface area contributed by atoms with E-state index in [-0.39, 0.29) is 0 Å². The highest BCUT2D eigenvalue weighted by atomic mass is 16.5. The molecule has 1 unspecified atom stereocenters. The molecular weight excluding hydrogens is 240 g/mol. The van der Waals surface area contributed by atoms with E-state index < -0.39 is 0 Å². The molecule has 4 heteroatoms. The average molecular weight is 264 g/mol. The summed E-state index contributed by atoms with van der Waals surface area (Å²) in [6, 6.07) is 4.69. The lowest BCUT2D eigenvalue weighted by molar-refractivity contribution is 0.250. The molecule has 0 saturated carbocycles. The average Bonchev–Trinajstić information content (AvgIpc) is 2.37. The van der Waals surface area contributed by atoms with Crippen molar-refractivity contribution in [3.05, 3.63) is 17.7 Å². The standard InChI is InChI=1S/C15H24N2O2/c1-11-5-6-12-9-14(18-4)15(10-13(12)16-11)19-8-7-17(2)3/h9-11,16H,5-8H2,1-4H3. The lowest BCUT2D eigenvalue weighted by Crippen LogP contribution is -2.22. The fourth-order valence-corrected chi connectivity index (χ4v) is 2.26. The van der Waals surface area contributed by atoms with Gasteiger partial charge in [-0.25, -0.2) is 0 Å². The highest BCUT2D eigenvalue weighted by molar-refractivity contribution is 5.62. The Hall–Kier alpha value is -1.42. The van der Waals surface area contributed by atoms with Crippen LogP contribution in [0, 0.1) is 0 Å². The fourth-order valence-electron chi connectivity index (χ4n) is 2.26. The highest BCUT2D eigenvalue weighted by Crippen LogP contribution is 2.36. The highest BCUT2D eigenvalue weighted by Gasteiger charge is 2.17. The number of hydrogen-bond acceptors (Lipinski definition) is 4. The molecule has 0 saturated heterocycles. The molecule has 0 fully saturated rings. The van der Waals surface area contributed by atoms with Crippen molar-refractivity contribution in [3.8, 4) is 11.5 Å². The molecule has 4 nitrogen and oxygen atoms in total. The Kier molecular flexibility index (Phi) is 4.53. The topological polar surface area (TPSA) is 33.7 Å². The van der Waals surface area contributed by atoms with Gasteiger partial charge in [0.25, 0.3) is 0 Å². The third-order valence-electron chi connectivity index (χ3n) is 3.43. The van der Waals surface area contributed by atoms with Gasteiger partial charge in [0.05, 0.1) is 7.11 Å². The van der Waals surface area contributed by atoms with Crippen LogP contribution in [-0.2, 0) is 6.42 Å². The summed E-state index contributed by atoms with van der Waals surface area (Å²) in [6.07, 6.45) is 2.26. The molecule has 0 amide bonds. The smallest absolute Gasteiger partial charge is 0.163 e. The normalized spacial score (nSPS) is 17.8. The Bertz CT molecular complexity index is 432. The second kappa shape index (κ2) is 6.15. The van der Waals surface area contributed by atoms with Crippen molar-refractivity contribution in [3.63, 3.8) is 0 Å². The van der Waals surface area contributed by atoms with Crippen molar-refractivity contribution < 1.29 is 9.47 Å². The maximum absolute atomic E-state index is 5.83. The van der Waals surface area contributed by atoms with Crippen LogP contribution in [0.15, 0.2) is 12.1 Å². The van der Waals surface area contributed by atoms with Crippen LogP contribution in [0.4, 0.5) is 5.69 Å². The molecule has 1 aliphatic heterocycles. The molecule has 0 radical (unpaired) electrons. The zero-order valence-electron chi connectivity index (χ0n) is 12.3. The molecule has 0 aromatic heterocycles. The minimum absolute atomic E-state index is 0.524. The van der Waals surface area contributed by atoms with Crippen molar-refractivity contribution in [1.82, 2.24) is 4.90 Å². The van der Waals surface area contributed by atoms with Gasteiger partial charge >= 0.3 is 0 Å². The van der Waals surface area contributed by atoms with Crippen LogP contribution in [-0.4, -0.2) is 45.3 Å². The Labute approximate surface area is 115 Å². The number of fused-ring (bicyclic) bond motifs is 1. The van der Waals surface area contributed by atoms with E-state index in [0.717, 1.165) is 30.9 Å². The Morgan fingerprint density at radius 3 is 2.79 bits per heavy atom. The molecule has 1 atom stereocenters. The Morgan fingerprint density at radius 2 is 2.11 bits per heavy atom. The van der Waals surface area contributed by atoms with Gasteiger partial charge in [-0.15, -0.1) is 0 Å². The van der Waals surface area contributed by atoms with Crippen LogP contribution in [0.25, 0.3) is 0 Å². The maximum Gasteiger partial charge on any atom is 0.163 e. The first-order chi connectivity index (χ1) is 9.10. The molecule has 0 aliphatic carbocycles. The number of aryl methyl sites for hydroxylation is 1. The van der Waals surface area contributed by atoms with E-state index in [4.69, 9.17) is 9.47 Å². The molecule has 19 heavy (non-hydrogen) atoms.